The van der Waals surface area contributed by atoms with E-state index in [-0.39, 0.29) is 17.7 Å². The number of thioether (sulfide) groups is 1. The van der Waals surface area contributed by atoms with Crippen molar-refractivity contribution in [3.05, 3.63) is 44.0 Å². The molecular formula is C20H22BrClN4OS2. The van der Waals surface area contributed by atoms with Crippen LogP contribution in [0, 0.1) is 0 Å². The first-order valence-corrected chi connectivity index (χ1v) is 12.3. The Morgan fingerprint density at radius 2 is 2.14 bits per heavy atom. The Hall–Kier alpha value is -1.35. The standard InChI is InChI=1S/C20H22BrClN4OS2/c1-4-5-15-8-13(10-28-15)19-24-25-20(26(19)12(2)3)29-11-18(27)23-17-7-6-14(21)9-16(17)22/h6-10,12H,4-5,11H2,1-3H3,(H,23,27). The fourth-order valence-corrected chi connectivity index (χ4v) is 5.38. The fraction of sp³-hybridized carbons (Fsp3) is 0.350. The molecule has 0 unspecified atom stereocenters. The average Bonchev–Trinajstić information content (AvgIpc) is 3.29. The first-order valence-electron chi connectivity index (χ1n) is 9.29. The Labute approximate surface area is 192 Å². The third-order valence-electron chi connectivity index (χ3n) is 4.13. The van der Waals surface area contributed by atoms with E-state index in [0.29, 0.717) is 10.7 Å². The molecule has 1 amide bonds. The van der Waals surface area contributed by atoms with Crippen LogP contribution in [0.2, 0.25) is 5.02 Å². The summed E-state index contributed by atoms with van der Waals surface area (Å²) in [6, 6.07) is 7.73. The maximum absolute atomic E-state index is 12.4. The predicted octanol–water partition coefficient (Wildman–Crippen LogP) is 6.69. The second kappa shape index (κ2) is 10.1. The van der Waals surface area contributed by atoms with Crippen LogP contribution in [0.4, 0.5) is 5.69 Å². The zero-order valence-electron chi connectivity index (χ0n) is 16.4. The van der Waals surface area contributed by atoms with Gasteiger partial charge in [0.05, 0.1) is 16.5 Å². The molecule has 0 saturated heterocycles. The highest BCUT2D eigenvalue weighted by atomic mass is 79.9. The van der Waals surface area contributed by atoms with E-state index in [2.05, 4.69) is 68.2 Å². The minimum atomic E-state index is -0.139. The van der Waals surface area contributed by atoms with E-state index in [9.17, 15) is 4.79 Å². The summed E-state index contributed by atoms with van der Waals surface area (Å²) in [5.41, 5.74) is 1.67. The number of nitrogens with one attached hydrogen (secondary N) is 1. The van der Waals surface area contributed by atoms with Crippen LogP contribution >= 0.6 is 50.6 Å². The summed E-state index contributed by atoms with van der Waals surface area (Å²) in [5, 5.41) is 14.9. The third-order valence-corrected chi connectivity index (χ3v) is 6.87. The molecule has 0 fully saturated rings. The van der Waals surface area contributed by atoms with E-state index in [4.69, 9.17) is 11.6 Å². The molecule has 3 rings (SSSR count). The van der Waals surface area contributed by atoms with E-state index in [1.165, 1.54) is 16.6 Å². The highest BCUT2D eigenvalue weighted by Crippen LogP contribution is 2.31. The lowest BCUT2D eigenvalue weighted by Gasteiger charge is -2.13. The van der Waals surface area contributed by atoms with Gasteiger partial charge >= 0.3 is 0 Å². The molecule has 154 valence electrons. The summed E-state index contributed by atoms with van der Waals surface area (Å²) < 4.78 is 2.95. The number of rotatable bonds is 8. The second-order valence-electron chi connectivity index (χ2n) is 6.78. The average molecular weight is 514 g/mol. The first-order chi connectivity index (χ1) is 13.9. The molecule has 0 aliphatic heterocycles. The van der Waals surface area contributed by atoms with Crippen LogP contribution in [-0.4, -0.2) is 26.4 Å². The monoisotopic (exact) mass is 512 g/mol. The number of carbonyl (C=O) groups excluding carboxylic acids is 1. The van der Waals surface area contributed by atoms with E-state index in [1.807, 2.05) is 6.07 Å². The summed E-state index contributed by atoms with van der Waals surface area (Å²) in [7, 11) is 0. The van der Waals surface area contributed by atoms with Gasteiger partial charge in [0.25, 0.3) is 0 Å². The zero-order chi connectivity index (χ0) is 21.0. The van der Waals surface area contributed by atoms with Crippen LogP contribution in [-0.2, 0) is 11.2 Å². The van der Waals surface area contributed by atoms with Crippen molar-refractivity contribution in [1.82, 2.24) is 14.8 Å². The number of aryl methyl sites for hydroxylation is 1. The number of carbonyl (C=O) groups is 1. The minimum Gasteiger partial charge on any atom is -0.324 e. The number of amides is 1. The van der Waals surface area contributed by atoms with Gasteiger partial charge in [-0.25, -0.2) is 0 Å². The van der Waals surface area contributed by atoms with Gasteiger partial charge in [0.15, 0.2) is 11.0 Å². The lowest BCUT2D eigenvalue weighted by atomic mass is 10.2. The normalized spacial score (nSPS) is 11.2. The first kappa shape index (κ1) is 22.3. The molecule has 0 bridgehead atoms. The number of anilines is 1. The number of aromatic nitrogens is 3. The van der Waals surface area contributed by atoms with Crippen molar-refractivity contribution in [1.29, 1.82) is 0 Å². The quantitative estimate of drug-likeness (QED) is 0.341. The van der Waals surface area contributed by atoms with Crippen LogP contribution in [0.3, 0.4) is 0 Å². The lowest BCUT2D eigenvalue weighted by Crippen LogP contribution is -2.15. The molecule has 1 aromatic carbocycles. The number of hydrogen-bond donors (Lipinski definition) is 1. The smallest absolute Gasteiger partial charge is 0.234 e. The summed E-state index contributed by atoms with van der Waals surface area (Å²) in [6.45, 7) is 6.37. The lowest BCUT2D eigenvalue weighted by molar-refractivity contribution is -0.113. The van der Waals surface area contributed by atoms with Gasteiger partial charge in [-0.3, -0.25) is 9.36 Å². The molecule has 0 aliphatic rings. The van der Waals surface area contributed by atoms with Gasteiger partial charge in [-0.05, 0) is 44.5 Å². The molecule has 0 aliphatic carbocycles. The van der Waals surface area contributed by atoms with E-state index < -0.39 is 0 Å². The molecule has 3 aromatic rings. The van der Waals surface area contributed by atoms with Gasteiger partial charge in [0.1, 0.15) is 0 Å². The minimum absolute atomic E-state index is 0.139. The predicted molar refractivity (Wildman–Crippen MR) is 126 cm³/mol. The Bertz CT molecular complexity index is 1000. The van der Waals surface area contributed by atoms with Gasteiger partial charge in [0.2, 0.25) is 5.91 Å². The number of hydrogen-bond acceptors (Lipinski definition) is 5. The number of nitrogens with zero attached hydrogens (tertiary/aromatic N) is 3. The van der Waals surface area contributed by atoms with Gasteiger partial charge in [0, 0.05) is 26.3 Å². The number of benzene rings is 1. The SMILES string of the molecule is CCCc1cc(-c2nnc(SCC(=O)Nc3ccc(Br)cc3Cl)n2C(C)C)cs1. The van der Waals surface area contributed by atoms with Crippen LogP contribution in [0.5, 0.6) is 0 Å². The van der Waals surface area contributed by atoms with Gasteiger partial charge in [-0.1, -0.05) is 52.6 Å². The molecule has 0 saturated carbocycles. The highest BCUT2D eigenvalue weighted by molar-refractivity contribution is 9.10. The van der Waals surface area contributed by atoms with Crippen LogP contribution < -0.4 is 5.32 Å². The van der Waals surface area contributed by atoms with Crippen LogP contribution in [0.15, 0.2) is 39.3 Å². The molecule has 9 heteroatoms. The molecule has 5 nitrogen and oxygen atoms in total. The van der Waals surface area contributed by atoms with Crippen molar-refractivity contribution in [2.45, 2.75) is 44.8 Å². The van der Waals surface area contributed by atoms with Crippen molar-refractivity contribution in [2.75, 3.05) is 11.1 Å². The van der Waals surface area contributed by atoms with Crippen LogP contribution in [0.25, 0.3) is 11.4 Å². The Morgan fingerprint density at radius 3 is 2.83 bits per heavy atom. The molecule has 0 atom stereocenters. The summed E-state index contributed by atoms with van der Waals surface area (Å²) in [4.78, 5) is 13.7. The largest absolute Gasteiger partial charge is 0.324 e. The molecular weight excluding hydrogens is 492 g/mol. The highest BCUT2D eigenvalue weighted by Gasteiger charge is 2.19. The van der Waals surface area contributed by atoms with E-state index in [0.717, 1.165) is 33.9 Å². The molecule has 0 radical (unpaired) electrons. The van der Waals surface area contributed by atoms with E-state index in [1.54, 1.807) is 23.5 Å². The molecule has 0 spiro atoms. The maximum Gasteiger partial charge on any atom is 0.234 e. The van der Waals surface area contributed by atoms with Crippen molar-refractivity contribution in [2.24, 2.45) is 0 Å². The van der Waals surface area contributed by atoms with Crippen molar-refractivity contribution < 1.29 is 4.79 Å². The Kier molecular flexibility index (Phi) is 7.79. The van der Waals surface area contributed by atoms with Gasteiger partial charge < -0.3 is 5.32 Å². The zero-order valence-corrected chi connectivity index (χ0v) is 20.4. The molecule has 29 heavy (non-hydrogen) atoms. The van der Waals surface area contributed by atoms with E-state index >= 15 is 0 Å². The summed E-state index contributed by atoms with van der Waals surface area (Å²) >= 11 is 12.7. The molecule has 2 heterocycles. The van der Waals surface area contributed by atoms with Crippen LogP contribution in [0.1, 0.15) is 38.1 Å². The topological polar surface area (TPSA) is 59.8 Å². The second-order valence-corrected chi connectivity index (χ2v) is 10.0. The van der Waals surface area contributed by atoms with Gasteiger partial charge in [-0.15, -0.1) is 21.5 Å². The molecule has 1 N–H and O–H groups in total. The van der Waals surface area contributed by atoms with Gasteiger partial charge in [-0.2, -0.15) is 0 Å². The van der Waals surface area contributed by atoms with Crippen molar-refractivity contribution in [3.63, 3.8) is 0 Å². The molecule has 2 aromatic heterocycles. The van der Waals surface area contributed by atoms with Crippen molar-refractivity contribution in [3.8, 4) is 11.4 Å². The van der Waals surface area contributed by atoms with Crippen molar-refractivity contribution >= 4 is 62.2 Å². The number of thiophene rings is 1. The maximum atomic E-state index is 12.4. The Balaban J connectivity index is 1.72. The third kappa shape index (κ3) is 5.63. The summed E-state index contributed by atoms with van der Waals surface area (Å²) in [5.74, 6) is 0.930. The Morgan fingerprint density at radius 1 is 1.34 bits per heavy atom. The fourth-order valence-electron chi connectivity index (χ4n) is 2.82. The number of halogens is 2. The summed E-state index contributed by atoms with van der Waals surface area (Å²) in [6.07, 6.45) is 2.19.